The zero-order chi connectivity index (χ0) is 17.1. The van der Waals surface area contributed by atoms with E-state index in [1.54, 1.807) is 6.20 Å². The summed E-state index contributed by atoms with van der Waals surface area (Å²) in [6, 6.07) is 12.4. The summed E-state index contributed by atoms with van der Waals surface area (Å²) in [5, 5.41) is 0. The van der Waals surface area contributed by atoms with Gasteiger partial charge in [-0.3, -0.25) is 4.90 Å². The first-order valence-electron chi connectivity index (χ1n) is 9.07. The predicted molar refractivity (Wildman–Crippen MR) is 96.6 cm³/mol. The maximum atomic E-state index is 5.97. The number of hydrogen-bond donors (Lipinski definition) is 1. The van der Waals surface area contributed by atoms with Crippen molar-refractivity contribution < 1.29 is 9.47 Å². The van der Waals surface area contributed by atoms with Gasteiger partial charge in [-0.15, -0.1) is 0 Å². The van der Waals surface area contributed by atoms with Crippen LogP contribution in [0.25, 0.3) is 0 Å². The summed E-state index contributed by atoms with van der Waals surface area (Å²) in [6.45, 7) is 4.63. The van der Waals surface area contributed by atoms with Crippen molar-refractivity contribution in [1.29, 1.82) is 0 Å². The van der Waals surface area contributed by atoms with Gasteiger partial charge in [-0.2, -0.15) is 0 Å². The van der Waals surface area contributed by atoms with Crippen molar-refractivity contribution in [2.75, 3.05) is 26.2 Å². The molecule has 1 aromatic heterocycles. The van der Waals surface area contributed by atoms with Crippen LogP contribution in [0.4, 0.5) is 0 Å². The molecule has 4 rings (SSSR count). The van der Waals surface area contributed by atoms with Gasteiger partial charge >= 0.3 is 0 Å². The maximum Gasteiger partial charge on any atom is 0.257 e. The summed E-state index contributed by atoms with van der Waals surface area (Å²) < 4.78 is 11.7. The minimum absolute atomic E-state index is 0.100. The van der Waals surface area contributed by atoms with E-state index in [0.717, 1.165) is 37.5 Å². The third kappa shape index (κ3) is 3.78. The summed E-state index contributed by atoms with van der Waals surface area (Å²) in [4.78, 5) is 6.76. The van der Waals surface area contributed by atoms with E-state index in [0.29, 0.717) is 18.4 Å². The van der Waals surface area contributed by atoms with Crippen molar-refractivity contribution >= 4 is 0 Å². The van der Waals surface area contributed by atoms with Gasteiger partial charge in [0.2, 0.25) is 0 Å². The number of benzene rings is 1. The highest BCUT2D eigenvalue weighted by Gasteiger charge is 2.23. The molecule has 0 saturated carbocycles. The molecule has 0 unspecified atom stereocenters. The molecule has 0 bridgehead atoms. The Labute approximate surface area is 148 Å². The van der Waals surface area contributed by atoms with Crippen LogP contribution < -0.4 is 15.2 Å². The van der Waals surface area contributed by atoms with Crippen LogP contribution in [0.5, 0.6) is 11.6 Å². The van der Waals surface area contributed by atoms with Crippen LogP contribution in [0.2, 0.25) is 0 Å². The Morgan fingerprint density at radius 1 is 1.12 bits per heavy atom. The normalized spacial score (nSPS) is 21.2. The molecule has 1 atom stereocenters. The first-order valence-corrected chi connectivity index (χ1v) is 9.07. The highest BCUT2D eigenvalue weighted by atomic mass is 16.6. The smallest absolute Gasteiger partial charge is 0.257 e. The zero-order valence-electron chi connectivity index (χ0n) is 14.4. The summed E-state index contributed by atoms with van der Waals surface area (Å²) in [5.41, 5.74) is 8.24. The number of likely N-dealkylation sites (tertiary alicyclic amines) is 1. The Morgan fingerprint density at radius 3 is 2.68 bits per heavy atom. The first-order chi connectivity index (χ1) is 12.3. The van der Waals surface area contributed by atoms with E-state index < -0.39 is 0 Å². The second-order valence-electron chi connectivity index (χ2n) is 6.92. The van der Waals surface area contributed by atoms with Gasteiger partial charge in [-0.25, -0.2) is 4.98 Å². The van der Waals surface area contributed by atoms with Crippen LogP contribution in [-0.4, -0.2) is 36.1 Å². The van der Waals surface area contributed by atoms with Crippen molar-refractivity contribution in [3.63, 3.8) is 0 Å². The Morgan fingerprint density at radius 2 is 1.92 bits per heavy atom. The highest BCUT2D eigenvalue weighted by Crippen LogP contribution is 2.34. The number of ether oxygens (including phenoxy) is 2. The lowest BCUT2D eigenvalue weighted by Crippen LogP contribution is -2.35. The van der Waals surface area contributed by atoms with E-state index in [-0.39, 0.29) is 6.10 Å². The van der Waals surface area contributed by atoms with Gasteiger partial charge in [0.15, 0.2) is 11.9 Å². The SMILES string of the molecule is NCC1CCN(Cc2ccc([C@H]3COc4cccnc4O3)cc2)CC1. The number of nitrogens with zero attached hydrogens (tertiary/aromatic N) is 2. The lowest BCUT2D eigenvalue weighted by Gasteiger charge is -2.31. The van der Waals surface area contributed by atoms with E-state index in [1.165, 1.54) is 18.4 Å². The molecule has 0 spiro atoms. The molecule has 0 amide bonds. The fraction of sp³-hybridized carbons (Fsp3) is 0.450. The standard InChI is InChI=1S/C20H25N3O2/c21-12-15-7-10-23(11-8-15)13-16-3-5-17(6-4-16)19-14-24-18-2-1-9-22-20(18)25-19/h1-6,9,15,19H,7-8,10-14,21H2/t19-/m1/s1. The van der Waals surface area contributed by atoms with Crippen molar-refractivity contribution in [3.05, 3.63) is 53.7 Å². The van der Waals surface area contributed by atoms with Crippen LogP contribution >= 0.6 is 0 Å². The third-order valence-corrected chi connectivity index (χ3v) is 5.18. The molecule has 5 nitrogen and oxygen atoms in total. The lowest BCUT2D eigenvalue weighted by molar-refractivity contribution is 0.0850. The molecular formula is C20H25N3O2. The van der Waals surface area contributed by atoms with Crippen LogP contribution in [0.3, 0.4) is 0 Å². The van der Waals surface area contributed by atoms with E-state index >= 15 is 0 Å². The Hall–Kier alpha value is -2.11. The quantitative estimate of drug-likeness (QED) is 0.928. The topological polar surface area (TPSA) is 60.6 Å². The van der Waals surface area contributed by atoms with Gasteiger partial charge in [-0.05, 0) is 61.7 Å². The molecule has 2 aromatic rings. The number of fused-ring (bicyclic) bond motifs is 1. The molecule has 0 aliphatic carbocycles. The fourth-order valence-electron chi connectivity index (χ4n) is 3.55. The minimum Gasteiger partial charge on any atom is -0.484 e. The molecule has 1 saturated heterocycles. The average Bonchev–Trinajstić information content (AvgIpc) is 2.69. The van der Waals surface area contributed by atoms with Crippen LogP contribution in [-0.2, 0) is 6.54 Å². The van der Waals surface area contributed by atoms with E-state index in [4.69, 9.17) is 15.2 Å². The number of pyridine rings is 1. The average molecular weight is 339 g/mol. The van der Waals surface area contributed by atoms with Gasteiger partial charge in [-0.1, -0.05) is 24.3 Å². The molecular weight excluding hydrogens is 314 g/mol. The van der Waals surface area contributed by atoms with Gasteiger partial charge in [0.25, 0.3) is 5.88 Å². The molecule has 132 valence electrons. The predicted octanol–water partition coefficient (Wildman–Crippen LogP) is 2.76. The van der Waals surface area contributed by atoms with Crippen LogP contribution in [0, 0.1) is 5.92 Å². The molecule has 1 fully saturated rings. The first kappa shape index (κ1) is 16.4. The number of rotatable bonds is 4. The Balaban J connectivity index is 1.36. The number of aromatic nitrogens is 1. The van der Waals surface area contributed by atoms with Crippen molar-refractivity contribution in [1.82, 2.24) is 9.88 Å². The second kappa shape index (κ2) is 7.42. The molecule has 5 heteroatoms. The summed E-state index contributed by atoms with van der Waals surface area (Å²) in [6.07, 6.45) is 4.06. The third-order valence-electron chi connectivity index (χ3n) is 5.18. The summed E-state index contributed by atoms with van der Waals surface area (Å²) in [5.74, 6) is 2.00. The number of piperidine rings is 1. The van der Waals surface area contributed by atoms with E-state index in [2.05, 4.69) is 34.1 Å². The molecule has 2 aliphatic rings. The maximum absolute atomic E-state index is 5.97. The van der Waals surface area contributed by atoms with Gasteiger partial charge < -0.3 is 15.2 Å². The van der Waals surface area contributed by atoms with E-state index in [1.807, 2.05) is 12.1 Å². The summed E-state index contributed by atoms with van der Waals surface area (Å²) >= 11 is 0. The number of hydrogen-bond acceptors (Lipinski definition) is 5. The van der Waals surface area contributed by atoms with Gasteiger partial charge in [0.1, 0.15) is 6.61 Å². The van der Waals surface area contributed by atoms with Crippen molar-refractivity contribution in [3.8, 4) is 11.6 Å². The fourth-order valence-corrected chi connectivity index (χ4v) is 3.55. The van der Waals surface area contributed by atoms with Gasteiger partial charge in [0, 0.05) is 12.7 Å². The Kier molecular flexibility index (Phi) is 4.85. The minimum atomic E-state index is -0.100. The Bertz CT molecular complexity index is 696. The molecule has 3 heterocycles. The lowest BCUT2D eigenvalue weighted by atomic mass is 9.96. The van der Waals surface area contributed by atoms with Crippen molar-refractivity contribution in [2.24, 2.45) is 11.7 Å². The van der Waals surface area contributed by atoms with Crippen LogP contribution in [0.15, 0.2) is 42.6 Å². The second-order valence-corrected chi connectivity index (χ2v) is 6.92. The zero-order valence-corrected chi connectivity index (χ0v) is 14.4. The molecule has 0 radical (unpaired) electrons. The molecule has 2 aliphatic heterocycles. The van der Waals surface area contributed by atoms with Gasteiger partial charge in [0.05, 0.1) is 0 Å². The molecule has 2 N–H and O–H groups in total. The van der Waals surface area contributed by atoms with Crippen LogP contribution in [0.1, 0.15) is 30.1 Å². The summed E-state index contributed by atoms with van der Waals surface area (Å²) in [7, 11) is 0. The van der Waals surface area contributed by atoms with E-state index in [9.17, 15) is 0 Å². The largest absolute Gasteiger partial charge is 0.484 e. The molecule has 25 heavy (non-hydrogen) atoms. The molecule has 1 aromatic carbocycles. The van der Waals surface area contributed by atoms with Crippen molar-refractivity contribution in [2.45, 2.75) is 25.5 Å². The highest BCUT2D eigenvalue weighted by molar-refractivity contribution is 5.35. The number of nitrogens with two attached hydrogens (primary N) is 1. The monoisotopic (exact) mass is 339 g/mol.